The van der Waals surface area contributed by atoms with Gasteiger partial charge in [0.1, 0.15) is 18.4 Å². The van der Waals surface area contributed by atoms with Crippen molar-refractivity contribution >= 4 is 5.65 Å². The van der Waals surface area contributed by atoms with E-state index in [1.807, 2.05) is 30.3 Å². The molecule has 174 valence electrons. The van der Waals surface area contributed by atoms with E-state index in [9.17, 15) is 5.11 Å². The Morgan fingerprint density at radius 2 is 1.88 bits per heavy atom. The summed E-state index contributed by atoms with van der Waals surface area (Å²) < 4.78 is 13.6. The summed E-state index contributed by atoms with van der Waals surface area (Å²) in [6.07, 6.45) is 1.51. The molecule has 2 heterocycles. The highest BCUT2D eigenvalue weighted by atomic mass is 16.5. The monoisotopic (exact) mass is 440 g/mol. The van der Waals surface area contributed by atoms with Crippen molar-refractivity contribution < 1.29 is 14.6 Å². The van der Waals surface area contributed by atoms with Gasteiger partial charge < -0.3 is 23.9 Å². The van der Waals surface area contributed by atoms with Gasteiger partial charge in [-0.1, -0.05) is 26.0 Å². The van der Waals surface area contributed by atoms with Gasteiger partial charge in [-0.25, -0.2) is 4.98 Å². The van der Waals surface area contributed by atoms with Crippen molar-refractivity contribution in [3.63, 3.8) is 0 Å². The predicted octanol–water partition coefficient (Wildman–Crippen LogP) is 3.36. The van der Waals surface area contributed by atoms with Crippen LogP contribution in [0.2, 0.25) is 0 Å². The normalized spacial score (nSPS) is 12.6. The molecule has 0 saturated carbocycles. The van der Waals surface area contributed by atoms with Crippen LogP contribution in [0.5, 0.6) is 11.5 Å². The third-order valence-corrected chi connectivity index (χ3v) is 5.72. The number of benzene rings is 1. The lowest BCUT2D eigenvalue weighted by atomic mass is 10.2. The minimum absolute atomic E-state index is 0.229. The highest BCUT2D eigenvalue weighted by Gasteiger charge is 2.14. The number of hydrogen-bond acceptors (Lipinski definition) is 6. The zero-order valence-corrected chi connectivity index (χ0v) is 19.9. The maximum atomic E-state index is 10.4. The molecule has 0 aliphatic heterocycles. The lowest BCUT2D eigenvalue weighted by molar-refractivity contribution is 0.0705. The van der Waals surface area contributed by atoms with Gasteiger partial charge in [0.25, 0.3) is 0 Å². The van der Waals surface area contributed by atoms with Gasteiger partial charge in [0.2, 0.25) is 0 Å². The van der Waals surface area contributed by atoms with Gasteiger partial charge in [0, 0.05) is 25.8 Å². The van der Waals surface area contributed by atoms with Crippen molar-refractivity contribution in [2.75, 3.05) is 40.4 Å². The van der Waals surface area contributed by atoms with Crippen molar-refractivity contribution in [1.29, 1.82) is 0 Å². The first kappa shape index (κ1) is 24.0. The Hall–Kier alpha value is -2.61. The van der Waals surface area contributed by atoms with E-state index in [4.69, 9.17) is 9.47 Å². The van der Waals surface area contributed by atoms with Crippen LogP contribution in [0, 0.1) is 6.92 Å². The van der Waals surface area contributed by atoms with E-state index in [0.29, 0.717) is 18.0 Å². The number of rotatable bonds is 12. The van der Waals surface area contributed by atoms with Gasteiger partial charge in [-0.05, 0) is 56.9 Å². The van der Waals surface area contributed by atoms with Crippen LogP contribution >= 0.6 is 0 Å². The number of fused-ring (bicyclic) bond motifs is 1. The van der Waals surface area contributed by atoms with E-state index >= 15 is 0 Å². The van der Waals surface area contributed by atoms with Crippen molar-refractivity contribution in [1.82, 2.24) is 19.2 Å². The van der Waals surface area contributed by atoms with E-state index in [1.165, 1.54) is 5.69 Å². The van der Waals surface area contributed by atoms with E-state index in [-0.39, 0.29) is 6.61 Å². The number of aromatic nitrogens is 2. The molecule has 7 heteroatoms. The Kier molecular flexibility index (Phi) is 8.50. The van der Waals surface area contributed by atoms with Crippen molar-refractivity contribution in [2.45, 2.75) is 40.0 Å². The minimum atomic E-state index is -0.552. The summed E-state index contributed by atoms with van der Waals surface area (Å²) in [5, 5.41) is 10.4. The zero-order valence-electron chi connectivity index (χ0n) is 19.9. The number of pyridine rings is 1. The number of aliphatic hydroxyl groups is 1. The maximum absolute atomic E-state index is 10.4. The number of methoxy groups -OCH3 is 1. The molecule has 2 aromatic heterocycles. The van der Waals surface area contributed by atoms with Gasteiger partial charge in [-0.2, -0.15) is 0 Å². The fraction of sp³-hybridized carbons (Fsp3) is 0.480. The average Bonchev–Trinajstić information content (AvgIpc) is 3.11. The molecule has 0 unspecified atom stereocenters. The Labute approximate surface area is 191 Å². The second kappa shape index (κ2) is 11.3. The number of hydrogen-bond donors (Lipinski definition) is 1. The van der Waals surface area contributed by atoms with Gasteiger partial charge >= 0.3 is 0 Å². The van der Waals surface area contributed by atoms with Crippen LogP contribution in [-0.2, 0) is 13.1 Å². The minimum Gasteiger partial charge on any atom is -0.493 e. The van der Waals surface area contributed by atoms with Crippen LogP contribution in [0.3, 0.4) is 0 Å². The first-order valence-electron chi connectivity index (χ1n) is 11.3. The molecule has 0 aliphatic carbocycles. The maximum Gasteiger partial charge on any atom is 0.161 e. The van der Waals surface area contributed by atoms with Crippen molar-refractivity contribution in [3.05, 3.63) is 59.5 Å². The lowest BCUT2D eigenvalue weighted by Crippen LogP contribution is -2.35. The third kappa shape index (κ3) is 6.00. The molecule has 0 fully saturated rings. The van der Waals surface area contributed by atoms with Gasteiger partial charge in [0.15, 0.2) is 11.5 Å². The van der Waals surface area contributed by atoms with Crippen molar-refractivity contribution in [3.8, 4) is 11.5 Å². The Morgan fingerprint density at radius 3 is 2.59 bits per heavy atom. The fourth-order valence-electron chi connectivity index (χ4n) is 3.93. The molecule has 0 aliphatic rings. The lowest BCUT2D eigenvalue weighted by Gasteiger charge is -2.22. The topological polar surface area (TPSA) is 62.5 Å². The first-order valence-corrected chi connectivity index (χ1v) is 11.3. The summed E-state index contributed by atoms with van der Waals surface area (Å²) in [4.78, 5) is 9.09. The van der Waals surface area contributed by atoms with Crippen LogP contribution in [0.4, 0.5) is 0 Å². The summed E-state index contributed by atoms with van der Waals surface area (Å²) in [5.41, 5.74) is 4.32. The SMILES string of the molecule is CCN(CC)C[C@H](O)COc1cc(CN(C)Cc2c(C)nc3ccccn23)ccc1OC. The Balaban J connectivity index is 1.65. The molecule has 1 N–H and O–H groups in total. The summed E-state index contributed by atoms with van der Waals surface area (Å²) in [6, 6.07) is 12.0. The van der Waals surface area contributed by atoms with Gasteiger partial charge in [0.05, 0.1) is 18.5 Å². The van der Waals surface area contributed by atoms with E-state index in [0.717, 1.165) is 43.1 Å². The molecular formula is C25H36N4O3. The van der Waals surface area contributed by atoms with Gasteiger partial charge in [-0.15, -0.1) is 0 Å². The largest absolute Gasteiger partial charge is 0.493 e. The second-order valence-corrected chi connectivity index (χ2v) is 8.18. The van der Waals surface area contributed by atoms with Crippen molar-refractivity contribution in [2.24, 2.45) is 0 Å². The predicted molar refractivity (Wildman–Crippen MR) is 127 cm³/mol. The number of aryl methyl sites for hydroxylation is 1. The average molecular weight is 441 g/mol. The molecule has 1 aromatic carbocycles. The number of imidazole rings is 1. The fourth-order valence-corrected chi connectivity index (χ4v) is 3.93. The van der Waals surface area contributed by atoms with Crippen LogP contribution < -0.4 is 9.47 Å². The number of aliphatic hydroxyl groups excluding tert-OH is 1. The van der Waals surface area contributed by atoms with E-state index < -0.39 is 6.10 Å². The number of likely N-dealkylation sites (N-methyl/N-ethyl adjacent to an activating group) is 1. The van der Waals surface area contributed by atoms with Crippen LogP contribution in [0.1, 0.15) is 30.8 Å². The first-order chi connectivity index (χ1) is 15.4. The number of ether oxygens (including phenoxy) is 2. The summed E-state index contributed by atoms with van der Waals surface area (Å²) in [5.74, 6) is 1.33. The number of nitrogens with zero attached hydrogens (tertiary/aromatic N) is 4. The molecule has 1 atom stereocenters. The van der Waals surface area contributed by atoms with E-state index in [1.54, 1.807) is 7.11 Å². The molecule has 3 aromatic rings. The molecule has 0 amide bonds. The highest BCUT2D eigenvalue weighted by molar-refractivity contribution is 5.44. The zero-order chi connectivity index (χ0) is 23.1. The van der Waals surface area contributed by atoms with E-state index in [2.05, 4.69) is 59.3 Å². The highest BCUT2D eigenvalue weighted by Crippen LogP contribution is 2.29. The van der Waals surface area contributed by atoms with Crippen LogP contribution in [-0.4, -0.2) is 70.8 Å². The molecule has 0 spiro atoms. The summed E-state index contributed by atoms with van der Waals surface area (Å²) >= 11 is 0. The molecular weight excluding hydrogens is 404 g/mol. The van der Waals surface area contributed by atoms with Crippen LogP contribution in [0.15, 0.2) is 42.6 Å². The summed E-state index contributed by atoms with van der Waals surface area (Å²) in [6.45, 7) is 10.4. The Morgan fingerprint density at radius 1 is 1.09 bits per heavy atom. The molecule has 7 nitrogen and oxygen atoms in total. The quantitative estimate of drug-likeness (QED) is 0.466. The molecule has 0 bridgehead atoms. The Bertz CT molecular complexity index is 1000. The molecule has 0 saturated heterocycles. The third-order valence-electron chi connectivity index (χ3n) is 5.72. The molecule has 3 rings (SSSR count). The van der Waals surface area contributed by atoms with Crippen LogP contribution in [0.25, 0.3) is 5.65 Å². The molecule has 0 radical (unpaired) electrons. The smallest absolute Gasteiger partial charge is 0.161 e. The standard InChI is InChI=1S/C25H36N4O3/c1-6-28(7-2)16-21(30)18-32-24-14-20(11-12-23(24)31-5)15-27(4)17-22-19(3)26-25-10-8-9-13-29(22)25/h8-14,21,30H,6-7,15-18H2,1-5H3/t21-/m0/s1. The second-order valence-electron chi connectivity index (χ2n) is 8.18. The van der Waals surface area contributed by atoms with Gasteiger partial charge in [-0.3, -0.25) is 4.90 Å². The molecule has 32 heavy (non-hydrogen) atoms. The summed E-state index contributed by atoms with van der Waals surface area (Å²) in [7, 11) is 3.73.